The number of hydrogen-bond acceptors (Lipinski definition) is 3. The molecule has 27 heavy (non-hydrogen) atoms. The smallest absolute Gasteiger partial charge is 0.250 e. The number of hydrogen-bond donors (Lipinski definition) is 2. The molecular formula is C21H22N4O2. The summed E-state index contributed by atoms with van der Waals surface area (Å²) in [4.78, 5) is 16.1. The minimum Gasteiger partial charge on any atom is -0.497 e. The van der Waals surface area contributed by atoms with Crippen LogP contribution in [-0.4, -0.2) is 17.6 Å². The normalized spacial score (nSPS) is 11.2. The number of nitrogens with one attached hydrogen (secondary N) is 1. The molecule has 0 atom stereocenters. The quantitative estimate of drug-likeness (QED) is 0.522. The van der Waals surface area contributed by atoms with Gasteiger partial charge in [-0.25, -0.2) is 4.99 Å². The van der Waals surface area contributed by atoms with Gasteiger partial charge in [0.05, 0.1) is 20.2 Å². The molecule has 2 aromatic carbocycles. The monoisotopic (exact) mass is 362 g/mol. The van der Waals surface area contributed by atoms with E-state index < -0.39 is 0 Å². The third kappa shape index (κ3) is 5.22. The Morgan fingerprint density at radius 3 is 2.59 bits per heavy atom. The van der Waals surface area contributed by atoms with E-state index in [1.54, 1.807) is 30.0 Å². The van der Waals surface area contributed by atoms with Crippen LogP contribution in [0.3, 0.4) is 0 Å². The van der Waals surface area contributed by atoms with Gasteiger partial charge in [0.25, 0.3) is 5.56 Å². The first-order valence-electron chi connectivity index (χ1n) is 8.58. The molecule has 0 aliphatic rings. The van der Waals surface area contributed by atoms with Crippen molar-refractivity contribution >= 4 is 11.6 Å². The molecule has 0 aliphatic heterocycles. The molecule has 0 saturated heterocycles. The summed E-state index contributed by atoms with van der Waals surface area (Å²) in [6.45, 7) is 1.01. The largest absolute Gasteiger partial charge is 0.497 e. The fraction of sp³-hybridized carbons (Fsp3) is 0.143. The Morgan fingerprint density at radius 1 is 1.07 bits per heavy atom. The van der Waals surface area contributed by atoms with Crippen LogP contribution in [0.1, 0.15) is 11.1 Å². The zero-order valence-electron chi connectivity index (χ0n) is 15.1. The zero-order valence-corrected chi connectivity index (χ0v) is 15.1. The Morgan fingerprint density at radius 2 is 1.85 bits per heavy atom. The van der Waals surface area contributed by atoms with Gasteiger partial charge in [-0.3, -0.25) is 4.79 Å². The van der Waals surface area contributed by atoms with Crippen LogP contribution in [0.2, 0.25) is 0 Å². The molecule has 0 fully saturated rings. The molecule has 1 aromatic heterocycles. The number of ether oxygens (including phenoxy) is 1. The van der Waals surface area contributed by atoms with E-state index in [2.05, 4.69) is 10.3 Å². The second-order valence-electron chi connectivity index (χ2n) is 6.04. The topological polar surface area (TPSA) is 81.6 Å². The average molecular weight is 362 g/mol. The number of anilines is 1. The molecule has 0 saturated carbocycles. The highest BCUT2D eigenvalue weighted by molar-refractivity contribution is 5.92. The highest BCUT2D eigenvalue weighted by Gasteiger charge is 2.00. The zero-order chi connectivity index (χ0) is 19.1. The van der Waals surface area contributed by atoms with E-state index in [-0.39, 0.29) is 5.56 Å². The highest BCUT2D eigenvalue weighted by Crippen LogP contribution is 2.16. The van der Waals surface area contributed by atoms with Crippen molar-refractivity contribution in [2.75, 3.05) is 12.4 Å². The van der Waals surface area contributed by atoms with Gasteiger partial charge in [0.15, 0.2) is 5.96 Å². The molecule has 0 unspecified atom stereocenters. The van der Waals surface area contributed by atoms with E-state index in [0.717, 1.165) is 22.6 Å². The van der Waals surface area contributed by atoms with E-state index in [4.69, 9.17) is 10.5 Å². The predicted octanol–water partition coefficient (Wildman–Crippen LogP) is 2.83. The average Bonchev–Trinajstić information content (AvgIpc) is 2.69. The molecule has 0 amide bonds. The molecule has 0 spiro atoms. The van der Waals surface area contributed by atoms with Crippen LogP contribution >= 0.6 is 0 Å². The van der Waals surface area contributed by atoms with Crippen molar-refractivity contribution in [1.82, 2.24) is 4.57 Å². The first-order valence-corrected chi connectivity index (χ1v) is 8.58. The summed E-state index contributed by atoms with van der Waals surface area (Å²) in [5.74, 6) is 1.09. The number of aromatic nitrogens is 1. The van der Waals surface area contributed by atoms with Crippen LogP contribution in [0.15, 0.2) is 82.7 Å². The van der Waals surface area contributed by atoms with Gasteiger partial charge in [-0.15, -0.1) is 0 Å². The Balaban J connectivity index is 1.59. The highest BCUT2D eigenvalue weighted by atomic mass is 16.5. The minimum absolute atomic E-state index is 0.0115. The van der Waals surface area contributed by atoms with Crippen LogP contribution in [0.5, 0.6) is 5.75 Å². The molecule has 138 valence electrons. The summed E-state index contributed by atoms with van der Waals surface area (Å²) in [6.07, 6.45) is 1.78. The van der Waals surface area contributed by atoms with E-state index in [1.807, 2.05) is 54.6 Å². The summed E-state index contributed by atoms with van der Waals surface area (Å²) < 4.78 is 6.85. The fourth-order valence-corrected chi connectivity index (χ4v) is 2.60. The molecule has 0 aliphatic carbocycles. The molecule has 3 N–H and O–H groups in total. The first-order chi connectivity index (χ1) is 13.1. The number of nitrogens with zero attached hydrogens (tertiary/aromatic N) is 2. The lowest BCUT2D eigenvalue weighted by Gasteiger charge is -2.08. The van der Waals surface area contributed by atoms with Crippen LogP contribution in [-0.2, 0) is 13.1 Å². The van der Waals surface area contributed by atoms with Gasteiger partial charge in [0.2, 0.25) is 0 Å². The Labute approximate surface area is 157 Å². The van der Waals surface area contributed by atoms with Crippen molar-refractivity contribution in [3.8, 4) is 5.75 Å². The summed E-state index contributed by atoms with van der Waals surface area (Å²) >= 11 is 0. The summed E-state index contributed by atoms with van der Waals surface area (Å²) in [7, 11) is 1.62. The van der Waals surface area contributed by atoms with Crippen LogP contribution in [0.4, 0.5) is 5.69 Å². The van der Waals surface area contributed by atoms with Crippen molar-refractivity contribution in [2.24, 2.45) is 10.7 Å². The van der Waals surface area contributed by atoms with Gasteiger partial charge >= 0.3 is 0 Å². The van der Waals surface area contributed by atoms with Crippen molar-refractivity contribution in [2.45, 2.75) is 13.1 Å². The Bertz CT molecular complexity index is 978. The maximum Gasteiger partial charge on any atom is 0.250 e. The minimum atomic E-state index is -0.0115. The second-order valence-corrected chi connectivity index (χ2v) is 6.04. The van der Waals surface area contributed by atoms with Crippen LogP contribution in [0.25, 0.3) is 0 Å². The van der Waals surface area contributed by atoms with E-state index in [9.17, 15) is 4.79 Å². The lowest BCUT2D eigenvalue weighted by atomic mass is 10.1. The molecule has 6 heteroatoms. The van der Waals surface area contributed by atoms with Gasteiger partial charge in [-0.2, -0.15) is 0 Å². The standard InChI is InChI=1S/C21H22N4O2/c1-27-19-6-4-5-18(13-19)24-21(22)23-14-16-8-10-17(11-9-16)15-25-12-3-2-7-20(25)26/h2-13H,14-15H2,1H3,(H3,22,23,24). The van der Waals surface area contributed by atoms with Gasteiger partial charge < -0.3 is 20.4 Å². The van der Waals surface area contributed by atoms with Crippen molar-refractivity contribution in [3.63, 3.8) is 0 Å². The van der Waals surface area contributed by atoms with Crippen molar-refractivity contribution < 1.29 is 4.74 Å². The maximum absolute atomic E-state index is 11.8. The molecule has 3 aromatic rings. The molecule has 0 bridgehead atoms. The maximum atomic E-state index is 11.8. The Hall–Kier alpha value is -3.54. The number of benzene rings is 2. The number of methoxy groups -OCH3 is 1. The summed E-state index contributed by atoms with van der Waals surface area (Å²) in [5.41, 5.74) is 8.85. The molecule has 1 heterocycles. The van der Waals surface area contributed by atoms with E-state index >= 15 is 0 Å². The number of nitrogens with two attached hydrogens (primary N) is 1. The number of guanidine groups is 1. The van der Waals surface area contributed by atoms with Crippen LogP contribution in [0, 0.1) is 0 Å². The van der Waals surface area contributed by atoms with Crippen LogP contribution < -0.4 is 21.3 Å². The number of pyridine rings is 1. The lowest BCUT2D eigenvalue weighted by molar-refractivity contribution is 0.415. The number of rotatable bonds is 6. The summed E-state index contributed by atoms with van der Waals surface area (Å²) in [6, 6.07) is 20.6. The van der Waals surface area contributed by atoms with E-state index in [0.29, 0.717) is 19.0 Å². The van der Waals surface area contributed by atoms with Gasteiger partial charge in [0, 0.05) is 24.0 Å². The van der Waals surface area contributed by atoms with Crippen molar-refractivity contribution in [1.29, 1.82) is 0 Å². The second kappa shape index (κ2) is 8.71. The van der Waals surface area contributed by atoms with Gasteiger partial charge in [0.1, 0.15) is 5.75 Å². The predicted molar refractivity (Wildman–Crippen MR) is 108 cm³/mol. The molecule has 0 radical (unpaired) electrons. The Kier molecular flexibility index (Phi) is 5.89. The lowest BCUT2D eigenvalue weighted by Crippen LogP contribution is -2.22. The van der Waals surface area contributed by atoms with Gasteiger partial charge in [-0.05, 0) is 29.3 Å². The first kappa shape index (κ1) is 18.3. The fourth-order valence-electron chi connectivity index (χ4n) is 2.60. The summed E-state index contributed by atoms with van der Waals surface area (Å²) in [5, 5.41) is 3.05. The molecule has 6 nitrogen and oxygen atoms in total. The van der Waals surface area contributed by atoms with Crippen molar-refractivity contribution in [3.05, 3.63) is 94.4 Å². The van der Waals surface area contributed by atoms with Gasteiger partial charge in [-0.1, -0.05) is 36.4 Å². The van der Waals surface area contributed by atoms with E-state index in [1.165, 1.54) is 0 Å². The molecular weight excluding hydrogens is 340 g/mol. The number of aliphatic imine (C=N–C) groups is 1. The third-order valence-corrected chi connectivity index (χ3v) is 4.05. The SMILES string of the molecule is COc1cccc(NC(N)=NCc2ccc(Cn3ccccc3=O)cc2)c1. The molecule has 3 rings (SSSR count). The third-order valence-electron chi connectivity index (χ3n) is 4.05.